The zero-order chi connectivity index (χ0) is 25.0. The molecule has 2 aromatic carbocycles. The number of para-hydroxylation sites is 2. The van der Waals surface area contributed by atoms with Gasteiger partial charge in [0.1, 0.15) is 17.6 Å². The number of amides is 3. The van der Waals surface area contributed by atoms with Crippen molar-refractivity contribution in [1.29, 1.82) is 0 Å². The molecule has 2 aliphatic rings. The van der Waals surface area contributed by atoms with E-state index >= 15 is 0 Å². The Morgan fingerprint density at radius 3 is 1.74 bits per heavy atom. The van der Waals surface area contributed by atoms with Gasteiger partial charge in [-0.05, 0) is 42.5 Å². The van der Waals surface area contributed by atoms with Gasteiger partial charge in [0.05, 0.1) is 12.5 Å². The van der Waals surface area contributed by atoms with Crippen molar-refractivity contribution in [2.45, 2.75) is 25.0 Å². The number of alkyl carbamates (subject to hydrolysis) is 1. The van der Waals surface area contributed by atoms with Crippen molar-refractivity contribution in [2.75, 3.05) is 0 Å². The third kappa shape index (κ3) is 8.97. The van der Waals surface area contributed by atoms with Crippen LogP contribution in [0.4, 0.5) is 14.4 Å². The van der Waals surface area contributed by atoms with Gasteiger partial charge in [0.2, 0.25) is 0 Å². The zero-order valence-electron chi connectivity index (χ0n) is 18.4. The van der Waals surface area contributed by atoms with Crippen LogP contribution in [0.15, 0.2) is 85.0 Å². The smallest absolute Gasteiger partial charge is 0.422 e. The number of hydrogen-bond acceptors (Lipinski definition) is 8. The second-order valence-electron chi connectivity index (χ2n) is 7.28. The van der Waals surface area contributed by atoms with Crippen molar-refractivity contribution in [3.63, 3.8) is 0 Å². The molecule has 0 saturated carbocycles. The van der Waals surface area contributed by atoms with Crippen LogP contribution in [0.25, 0.3) is 0 Å². The summed E-state index contributed by atoms with van der Waals surface area (Å²) in [6.07, 6.45) is 3.26. The minimum atomic E-state index is -0.953. The third-order valence-corrected chi connectivity index (χ3v) is 4.51. The molecular weight excluding hydrogens is 456 g/mol. The maximum absolute atomic E-state index is 11.4. The van der Waals surface area contributed by atoms with E-state index in [2.05, 4.69) is 5.32 Å². The molecule has 4 rings (SSSR count). The van der Waals surface area contributed by atoms with Gasteiger partial charge in [0, 0.05) is 6.42 Å². The normalized spacial score (nSPS) is 17.7. The Morgan fingerprint density at radius 1 is 0.686 bits per heavy atom. The first-order valence-electron chi connectivity index (χ1n) is 10.6. The SMILES string of the molecule is O=C1C=CC(NC(=O)Oc2ccccc2)C1.O=C1C=CC(OC(=O)NC(=O)Oc2ccccc2)C1. The molecule has 2 N–H and O–H groups in total. The average molecular weight is 478 g/mol. The fourth-order valence-electron chi connectivity index (χ4n) is 2.95. The highest BCUT2D eigenvalue weighted by Crippen LogP contribution is 2.12. The average Bonchev–Trinajstić information content (AvgIpc) is 3.42. The fraction of sp³-hybridized carbons (Fsp3) is 0.160. The van der Waals surface area contributed by atoms with Gasteiger partial charge in [-0.1, -0.05) is 42.5 Å². The molecule has 35 heavy (non-hydrogen) atoms. The molecule has 2 unspecified atom stereocenters. The molecule has 0 radical (unpaired) electrons. The summed E-state index contributed by atoms with van der Waals surface area (Å²) in [5, 5.41) is 4.49. The highest BCUT2D eigenvalue weighted by Gasteiger charge is 2.21. The summed E-state index contributed by atoms with van der Waals surface area (Å²) in [7, 11) is 0. The van der Waals surface area contributed by atoms with Crippen LogP contribution in [0.1, 0.15) is 12.8 Å². The van der Waals surface area contributed by atoms with Gasteiger partial charge in [0.15, 0.2) is 11.6 Å². The highest BCUT2D eigenvalue weighted by molar-refractivity contribution is 5.94. The topological polar surface area (TPSA) is 137 Å². The summed E-state index contributed by atoms with van der Waals surface area (Å²) in [4.78, 5) is 55.9. The zero-order valence-corrected chi connectivity index (χ0v) is 18.4. The number of nitrogens with one attached hydrogen (secondary N) is 2. The van der Waals surface area contributed by atoms with Gasteiger partial charge in [-0.3, -0.25) is 9.59 Å². The van der Waals surface area contributed by atoms with Gasteiger partial charge in [-0.25, -0.2) is 19.7 Å². The Morgan fingerprint density at radius 2 is 1.23 bits per heavy atom. The number of benzene rings is 2. The molecule has 0 fully saturated rings. The van der Waals surface area contributed by atoms with E-state index in [9.17, 15) is 24.0 Å². The summed E-state index contributed by atoms with van der Waals surface area (Å²) in [5.74, 6) is 0.687. The van der Waals surface area contributed by atoms with Crippen LogP contribution < -0.4 is 20.1 Å². The van der Waals surface area contributed by atoms with Gasteiger partial charge < -0.3 is 19.5 Å². The maximum Gasteiger partial charge on any atom is 0.422 e. The number of imide groups is 1. The monoisotopic (exact) mass is 478 g/mol. The molecule has 2 atom stereocenters. The predicted octanol–water partition coefficient (Wildman–Crippen LogP) is 3.48. The molecule has 0 bridgehead atoms. The molecule has 10 heteroatoms. The molecule has 0 aromatic heterocycles. The number of carbonyl (C=O) groups excluding carboxylic acids is 5. The first-order valence-corrected chi connectivity index (χ1v) is 10.6. The number of carbonyl (C=O) groups is 5. The molecular formula is C25H22N2O8. The Kier molecular flexibility index (Phi) is 8.89. The number of allylic oxidation sites excluding steroid dienone is 2. The molecule has 0 saturated heterocycles. The predicted molar refractivity (Wildman–Crippen MR) is 123 cm³/mol. The molecule has 0 heterocycles. The van der Waals surface area contributed by atoms with Crippen molar-refractivity contribution >= 4 is 29.8 Å². The quantitative estimate of drug-likeness (QED) is 0.681. The van der Waals surface area contributed by atoms with Crippen LogP contribution in [0.5, 0.6) is 11.5 Å². The van der Waals surface area contributed by atoms with Gasteiger partial charge in [-0.15, -0.1) is 0 Å². The van der Waals surface area contributed by atoms with E-state index in [-0.39, 0.29) is 24.0 Å². The lowest BCUT2D eigenvalue weighted by Gasteiger charge is -2.10. The minimum Gasteiger partial charge on any atom is -0.441 e. The van der Waals surface area contributed by atoms with Crippen LogP contribution in [0.3, 0.4) is 0 Å². The molecule has 2 aromatic rings. The highest BCUT2D eigenvalue weighted by atomic mass is 16.6. The molecule has 10 nitrogen and oxygen atoms in total. The fourth-order valence-corrected chi connectivity index (χ4v) is 2.95. The van der Waals surface area contributed by atoms with Crippen LogP contribution in [0.2, 0.25) is 0 Å². The Balaban J connectivity index is 0.000000198. The maximum atomic E-state index is 11.4. The van der Waals surface area contributed by atoms with Crippen LogP contribution in [0, 0.1) is 0 Å². The molecule has 0 aliphatic heterocycles. The second kappa shape index (κ2) is 12.5. The number of ketones is 2. The summed E-state index contributed by atoms with van der Waals surface area (Å²) in [6.45, 7) is 0. The largest absolute Gasteiger partial charge is 0.441 e. The Bertz CT molecular complexity index is 1130. The molecule has 3 amide bonds. The first kappa shape index (κ1) is 24.9. The lowest BCUT2D eigenvalue weighted by Crippen LogP contribution is -2.35. The van der Waals surface area contributed by atoms with E-state index in [1.54, 1.807) is 60.7 Å². The Hall–Kier alpha value is -4.73. The third-order valence-electron chi connectivity index (χ3n) is 4.51. The lowest BCUT2D eigenvalue weighted by molar-refractivity contribution is -0.115. The van der Waals surface area contributed by atoms with Crippen molar-refractivity contribution in [1.82, 2.24) is 10.6 Å². The van der Waals surface area contributed by atoms with Gasteiger partial charge in [0.25, 0.3) is 0 Å². The molecule has 180 valence electrons. The minimum absolute atomic E-state index is 0.0185. The van der Waals surface area contributed by atoms with E-state index in [0.29, 0.717) is 17.9 Å². The van der Waals surface area contributed by atoms with Crippen molar-refractivity contribution in [2.24, 2.45) is 0 Å². The number of hydrogen-bond donors (Lipinski definition) is 2. The van der Waals surface area contributed by atoms with E-state index in [1.165, 1.54) is 18.2 Å². The van der Waals surface area contributed by atoms with Gasteiger partial charge in [-0.2, -0.15) is 0 Å². The van der Waals surface area contributed by atoms with E-state index in [4.69, 9.17) is 14.2 Å². The van der Waals surface area contributed by atoms with Crippen molar-refractivity contribution in [3.05, 3.63) is 85.0 Å². The molecule has 0 spiro atoms. The number of rotatable bonds is 4. The summed E-state index contributed by atoms with van der Waals surface area (Å²) in [5.41, 5.74) is 0. The molecule has 2 aliphatic carbocycles. The number of ether oxygens (including phenoxy) is 3. The summed E-state index contributed by atoms with van der Waals surface area (Å²) < 4.78 is 14.7. The van der Waals surface area contributed by atoms with Crippen molar-refractivity contribution < 1.29 is 38.2 Å². The second-order valence-corrected chi connectivity index (χ2v) is 7.28. The first-order chi connectivity index (χ1) is 16.9. The van der Waals surface area contributed by atoms with E-state index in [1.807, 2.05) is 11.4 Å². The van der Waals surface area contributed by atoms with Crippen LogP contribution >= 0.6 is 0 Å². The van der Waals surface area contributed by atoms with Gasteiger partial charge >= 0.3 is 18.3 Å². The lowest BCUT2D eigenvalue weighted by atomic mass is 10.2. The standard InChI is InChI=1S/C13H11NO5.C12H11NO3/c15-9-6-7-11(8-9)19-13(17)14-12(16)18-10-4-2-1-3-5-10;14-10-7-6-9(8-10)13-12(15)16-11-4-2-1-3-5-11/h1-7,11H,8H2,(H,14,16,17);1-7,9H,8H2,(H,13,15). The van der Waals surface area contributed by atoms with Crippen LogP contribution in [-0.4, -0.2) is 42.0 Å². The Labute approximate surface area is 200 Å². The summed E-state index contributed by atoms with van der Waals surface area (Å²) >= 11 is 0. The summed E-state index contributed by atoms with van der Waals surface area (Å²) in [6, 6.07) is 16.8. The van der Waals surface area contributed by atoms with E-state index < -0.39 is 24.4 Å². The van der Waals surface area contributed by atoms with Crippen molar-refractivity contribution in [3.8, 4) is 11.5 Å². The van der Waals surface area contributed by atoms with E-state index in [0.717, 1.165) is 0 Å². The van der Waals surface area contributed by atoms with Crippen LogP contribution in [-0.2, 0) is 14.3 Å².